The molecule has 0 bridgehead atoms. The first-order valence-electron chi connectivity index (χ1n) is 17.6. The van der Waals surface area contributed by atoms with Crippen LogP contribution < -0.4 is 31.4 Å². The number of nitriles is 2. The van der Waals surface area contributed by atoms with Crippen LogP contribution >= 0.6 is 11.6 Å². The number of ether oxygens (including phenoxy) is 2. The molecule has 12 nitrogen and oxygen atoms in total. The topological polar surface area (TPSA) is 184 Å². The minimum atomic E-state index is -0.203. The highest BCUT2D eigenvalue weighted by atomic mass is 35.5. The van der Waals surface area contributed by atoms with Gasteiger partial charge in [-0.3, -0.25) is 14.2 Å². The fourth-order valence-corrected chi connectivity index (χ4v) is 6.44. The van der Waals surface area contributed by atoms with Crippen LogP contribution in [0.4, 0.5) is 0 Å². The van der Waals surface area contributed by atoms with Crippen molar-refractivity contribution in [1.29, 1.82) is 10.5 Å². The van der Waals surface area contributed by atoms with Crippen molar-refractivity contribution in [3.63, 3.8) is 0 Å². The van der Waals surface area contributed by atoms with Crippen LogP contribution in [-0.2, 0) is 26.3 Å². The number of benzene rings is 3. The molecule has 0 spiro atoms. The molecule has 3 heterocycles. The number of nitrogens with one attached hydrogen (secondary N) is 2. The quantitative estimate of drug-likeness (QED) is 0.0926. The fourth-order valence-electron chi connectivity index (χ4n) is 6.20. The number of hydrogen-bond acceptors (Lipinski definition) is 11. The van der Waals surface area contributed by atoms with Crippen molar-refractivity contribution >= 4 is 17.2 Å². The Morgan fingerprint density at radius 1 is 0.855 bits per heavy atom. The van der Waals surface area contributed by atoms with Crippen LogP contribution in [0.1, 0.15) is 38.9 Å². The average Bonchev–Trinajstić information content (AvgIpc) is 3.21. The van der Waals surface area contributed by atoms with E-state index in [1.54, 1.807) is 36.7 Å². The number of pyridine rings is 2. The average molecular weight is 755 g/mol. The molecule has 0 saturated carbocycles. The van der Waals surface area contributed by atoms with Gasteiger partial charge >= 0.3 is 0 Å². The molecular formula is C42H39ClN8O4. The van der Waals surface area contributed by atoms with Gasteiger partial charge < -0.3 is 30.9 Å². The molecule has 0 aliphatic heterocycles. The van der Waals surface area contributed by atoms with Crippen molar-refractivity contribution in [3.8, 4) is 45.9 Å². The maximum atomic E-state index is 13.1. The first-order valence-corrected chi connectivity index (χ1v) is 18.0. The highest BCUT2D eigenvalue weighted by molar-refractivity contribution is 6.32. The summed E-state index contributed by atoms with van der Waals surface area (Å²) in [5.74, 6) is 1.00. The summed E-state index contributed by atoms with van der Waals surface area (Å²) >= 11 is 6.75. The number of nitrogens with zero attached hydrogens (tertiary/aromatic N) is 5. The maximum Gasteiger partial charge on any atom is 0.262 e. The highest BCUT2D eigenvalue weighted by Crippen LogP contribution is 2.37. The minimum absolute atomic E-state index is 0.0278. The summed E-state index contributed by atoms with van der Waals surface area (Å²) in [6, 6.07) is 25.0. The van der Waals surface area contributed by atoms with E-state index in [2.05, 4.69) is 32.7 Å². The van der Waals surface area contributed by atoms with Crippen molar-refractivity contribution < 1.29 is 14.6 Å². The zero-order valence-corrected chi connectivity index (χ0v) is 30.9. The molecule has 0 fully saturated rings. The Morgan fingerprint density at radius 3 is 2.42 bits per heavy atom. The number of halogens is 1. The van der Waals surface area contributed by atoms with Gasteiger partial charge in [0.25, 0.3) is 5.56 Å². The smallest absolute Gasteiger partial charge is 0.262 e. The number of aliphatic hydroxyl groups excluding tert-OH is 1. The first kappa shape index (κ1) is 38.6. The standard InChI is InChI=1S/C42H39ClN8O4/c1-27-31(26-55-40-17-39(32(15-38(40)43)22-47-10-9-44)54-25-29-14-28(18-45)20-49-21-29)4-2-5-34(27)36-7-3-6-35(37(36)19-46)30-8-12-51-41(16-30)50-24-33(42(51)53)23-48-11-13-52/h2-8,12,14-17,20-21,24,47-48,52H,9-11,13,22-23,25-26,44H2,1H3. The van der Waals surface area contributed by atoms with Crippen LogP contribution in [0.25, 0.3) is 27.9 Å². The maximum absolute atomic E-state index is 13.1. The van der Waals surface area contributed by atoms with E-state index in [-0.39, 0.29) is 25.4 Å². The Morgan fingerprint density at radius 2 is 1.62 bits per heavy atom. The molecule has 0 unspecified atom stereocenters. The summed E-state index contributed by atoms with van der Waals surface area (Å²) in [5.41, 5.74) is 13.8. The molecule has 0 radical (unpaired) electrons. The molecule has 6 aromatic rings. The van der Waals surface area contributed by atoms with Crippen molar-refractivity contribution in [1.82, 2.24) is 25.0 Å². The molecule has 0 amide bonds. The van der Waals surface area contributed by atoms with E-state index in [0.717, 1.165) is 38.9 Å². The second-order valence-electron chi connectivity index (χ2n) is 12.7. The van der Waals surface area contributed by atoms with Gasteiger partial charge in [0.05, 0.1) is 22.8 Å². The monoisotopic (exact) mass is 754 g/mol. The van der Waals surface area contributed by atoms with Crippen LogP contribution in [0.2, 0.25) is 5.02 Å². The summed E-state index contributed by atoms with van der Waals surface area (Å²) in [7, 11) is 0. The van der Waals surface area contributed by atoms with Gasteiger partial charge in [0.2, 0.25) is 0 Å². The van der Waals surface area contributed by atoms with Crippen LogP contribution in [-0.4, -0.2) is 45.7 Å². The van der Waals surface area contributed by atoms with Crippen LogP contribution in [0, 0.1) is 29.6 Å². The molecule has 0 atom stereocenters. The van der Waals surface area contributed by atoms with Gasteiger partial charge in [-0.25, -0.2) is 4.98 Å². The lowest BCUT2D eigenvalue weighted by atomic mass is 9.89. The lowest BCUT2D eigenvalue weighted by Crippen LogP contribution is -2.26. The van der Waals surface area contributed by atoms with E-state index in [1.165, 1.54) is 16.8 Å². The van der Waals surface area contributed by atoms with Gasteiger partial charge in [0.15, 0.2) is 0 Å². The molecule has 6 rings (SSSR count). The summed E-state index contributed by atoms with van der Waals surface area (Å²) in [6.45, 7) is 4.58. The third-order valence-corrected chi connectivity index (χ3v) is 9.36. The van der Waals surface area contributed by atoms with E-state index in [9.17, 15) is 15.3 Å². The number of nitrogens with two attached hydrogens (primary N) is 1. The van der Waals surface area contributed by atoms with Gasteiger partial charge in [-0.1, -0.05) is 48.0 Å². The number of fused-ring (bicyclic) bond motifs is 1. The van der Waals surface area contributed by atoms with Gasteiger partial charge in [-0.2, -0.15) is 10.5 Å². The molecule has 0 saturated heterocycles. The van der Waals surface area contributed by atoms with Crippen molar-refractivity contribution in [2.45, 2.75) is 33.2 Å². The van der Waals surface area contributed by atoms with Crippen LogP contribution in [0.3, 0.4) is 0 Å². The van der Waals surface area contributed by atoms with Gasteiger partial charge in [-0.05, 0) is 53.4 Å². The predicted octanol–water partition coefficient (Wildman–Crippen LogP) is 5.42. The van der Waals surface area contributed by atoms with Crippen molar-refractivity contribution in [3.05, 3.63) is 146 Å². The third kappa shape index (κ3) is 8.99. The van der Waals surface area contributed by atoms with Gasteiger partial charge in [0.1, 0.15) is 42.5 Å². The Kier molecular flexibility index (Phi) is 12.8. The third-order valence-electron chi connectivity index (χ3n) is 9.06. The molecule has 55 heavy (non-hydrogen) atoms. The second-order valence-corrected chi connectivity index (χ2v) is 13.1. The van der Waals surface area contributed by atoms with Crippen molar-refractivity contribution in [2.75, 3.05) is 26.2 Å². The second kappa shape index (κ2) is 18.3. The van der Waals surface area contributed by atoms with E-state index in [1.807, 2.05) is 49.4 Å². The Balaban J connectivity index is 1.26. The SMILES string of the molecule is Cc1c(COc2cc(OCc3cncc(C#N)c3)c(CNCCN)cc2Cl)cccc1-c1cccc(-c2ccn3c(=O)c(CNCCO)cnc3c2)c1C#N. The fraction of sp³-hybridized carbons (Fsp3) is 0.214. The number of aliphatic hydroxyl groups is 1. The van der Waals surface area contributed by atoms with Crippen molar-refractivity contribution in [2.24, 2.45) is 5.73 Å². The van der Waals surface area contributed by atoms with E-state index >= 15 is 0 Å². The predicted molar refractivity (Wildman–Crippen MR) is 210 cm³/mol. The summed E-state index contributed by atoms with van der Waals surface area (Å²) in [5, 5.41) is 35.5. The first-order chi connectivity index (χ1) is 26.8. The molecular weight excluding hydrogens is 716 g/mol. The highest BCUT2D eigenvalue weighted by Gasteiger charge is 2.17. The normalized spacial score (nSPS) is 10.9. The Bertz CT molecular complexity index is 2470. The lowest BCUT2D eigenvalue weighted by molar-refractivity contribution is 0.287. The molecule has 278 valence electrons. The minimum Gasteiger partial charge on any atom is -0.488 e. The largest absolute Gasteiger partial charge is 0.488 e. The van der Waals surface area contributed by atoms with E-state index in [0.29, 0.717) is 77.1 Å². The number of hydrogen-bond donors (Lipinski definition) is 4. The summed E-state index contributed by atoms with van der Waals surface area (Å²) < 4.78 is 14.0. The van der Waals surface area contributed by atoms with Crippen LogP contribution in [0.5, 0.6) is 11.5 Å². The lowest BCUT2D eigenvalue weighted by Gasteiger charge is -2.18. The zero-order chi connectivity index (χ0) is 38.7. The Hall–Kier alpha value is -6.12. The van der Waals surface area contributed by atoms with Crippen LogP contribution in [0.15, 0.2) is 96.3 Å². The van der Waals surface area contributed by atoms with Gasteiger partial charge in [0, 0.05) is 91.4 Å². The summed E-state index contributed by atoms with van der Waals surface area (Å²) in [4.78, 5) is 21.7. The molecule has 3 aromatic carbocycles. The molecule has 0 aliphatic rings. The molecule has 13 heteroatoms. The molecule has 3 aromatic heterocycles. The number of aromatic nitrogens is 3. The Labute approximate surface area is 323 Å². The molecule has 0 aliphatic carbocycles. The van der Waals surface area contributed by atoms with E-state index in [4.69, 9.17) is 31.9 Å². The number of rotatable bonds is 16. The van der Waals surface area contributed by atoms with Gasteiger partial charge in [-0.15, -0.1) is 0 Å². The van der Waals surface area contributed by atoms with E-state index < -0.39 is 0 Å². The summed E-state index contributed by atoms with van der Waals surface area (Å²) in [6.07, 6.45) is 6.36. The zero-order valence-electron chi connectivity index (χ0n) is 30.2. The molecule has 5 N–H and O–H groups in total.